The van der Waals surface area contributed by atoms with Crippen LogP contribution in [0, 0.1) is 0 Å². The lowest BCUT2D eigenvalue weighted by molar-refractivity contribution is -0.148. The van der Waals surface area contributed by atoms with E-state index in [1.54, 1.807) is 24.4 Å². The molecule has 1 heterocycles. The molecular formula is C22H21N3O5. The Balaban J connectivity index is 1.60. The van der Waals surface area contributed by atoms with Gasteiger partial charge < -0.3 is 19.5 Å². The third-order valence-corrected chi connectivity index (χ3v) is 4.14. The highest BCUT2D eigenvalue weighted by Gasteiger charge is 2.17. The quantitative estimate of drug-likeness (QED) is 0.474. The zero-order valence-electron chi connectivity index (χ0n) is 16.8. The summed E-state index contributed by atoms with van der Waals surface area (Å²) in [7, 11) is 3.02. The predicted octanol–water partition coefficient (Wildman–Crippen LogP) is 3.23. The van der Waals surface area contributed by atoms with Crippen LogP contribution in [0.3, 0.4) is 0 Å². The number of hydrogen-bond acceptors (Lipinski definition) is 7. The summed E-state index contributed by atoms with van der Waals surface area (Å²) in [5, 5.41) is 2.67. The SMILES string of the molecule is COc1cc(NC(=O)C(C)OC(=O)/C=C/c2cnc3ccccc3n2)cc(OC)c1. The molecule has 0 saturated carbocycles. The molecule has 0 aliphatic rings. The van der Waals surface area contributed by atoms with Gasteiger partial charge in [-0.3, -0.25) is 9.78 Å². The van der Waals surface area contributed by atoms with Crippen molar-refractivity contribution in [1.29, 1.82) is 0 Å². The van der Waals surface area contributed by atoms with Gasteiger partial charge in [-0.25, -0.2) is 9.78 Å². The molecule has 0 aliphatic heterocycles. The normalized spacial score (nSPS) is 11.8. The molecule has 8 heteroatoms. The molecule has 2 aromatic carbocycles. The number of esters is 1. The van der Waals surface area contributed by atoms with E-state index in [0.717, 1.165) is 11.0 Å². The fourth-order valence-corrected chi connectivity index (χ4v) is 2.60. The van der Waals surface area contributed by atoms with Crippen LogP contribution in [-0.2, 0) is 14.3 Å². The summed E-state index contributed by atoms with van der Waals surface area (Å²) in [6.07, 6.45) is 3.23. The highest BCUT2D eigenvalue weighted by atomic mass is 16.5. The van der Waals surface area contributed by atoms with Gasteiger partial charge in [-0.1, -0.05) is 12.1 Å². The summed E-state index contributed by atoms with van der Waals surface area (Å²) in [5.74, 6) is -0.115. The molecule has 154 valence electrons. The Morgan fingerprint density at radius 1 is 1.03 bits per heavy atom. The van der Waals surface area contributed by atoms with Gasteiger partial charge in [0.1, 0.15) is 11.5 Å². The van der Waals surface area contributed by atoms with Crippen molar-refractivity contribution in [1.82, 2.24) is 9.97 Å². The molecule has 1 atom stereocenters. The molecular weight excluding hydrogens is 386 g/mol. The van der Waals surface area contributed by atoms with Crippen molar-refractivity contribution in [2.75, 3.05) is 19.5 Å². The van der Waals surface area contributed by atoms with Crippen molar-refractivity contribution in [3.63, 3.8) is 0 Å². The van der Waals surface area contributed by atoms with Crippen molar-refractivity contribution in [2.24, 2.45) is 0 Å². The van der Waals surface area contributed by atoms with Gasteiger partial charge in [0.05, 0.1) is 37.1 Å². The fourth-order valence-electron chi connectivity index (χ4n) is 2.60. The zero-order chi connectivity index (χ0) is 21.5. The molecule has 30 heavy (non-hydrogen) atoms. The number of nitrogens with one attached hydrogen (secondary N) is 1. The summed E-state index contributed by atoms with van der Waals surface area (Å²) < 4.78 is 15.5. The van der Waals surface area contributed by atoms with Crippen LogP contribution < -0.4 is 14.8 Å². The Hall–Kier alpha value is -3.94. The van der Waals surface area contributed by atoms with Crippen molar-refractivity contribution < 1.29 is 23.8 Å². The number of carbonyl (C=O) groups is 2. The van der Waals surface area contributed by atoms with E-state index in [1.807, 2.05) is 24.3 Å². The molecule has 0 radical (unpaired) electrons. The number of benzene rings is 2. The number of methoxy groups -OCH3 is 2. The summed E-state index contributed by atoms with van der Waals surface area (Å²) in [6.45, 7) is 1.48. The van der Waals surface area contributed by atoms with Crippen molar-refractivity contribution in [2.45, 2.75) is 13.0 Å². The Morgan fingerprint density at radius 2 is 1.70 bits per heavy atom. The maximum atomic E-state index is 12.4. The van der Waals surface area contributed by atoms with E-state index in [9.17, 15) is 9.59 Å². The van der Waals surface area contributed by atoms with Gasteiger partial charge in [0, 0.05) is 30.0 Å². The smallest absolute Gasteiger partial charge is 0.331 e. The van der Waals surface area contributed by atoms with E-state index in [1.165, 1.54) is 33.3 Å². The van der Waals surface area contributed by atoms with E-state index in [0.29, 0.717) is 22.9 Å². The lowest BCUT2D eigenvalue weighted by Crippen LogP contribution is -2.29. The van der Waals surface area contributed by atoms with Gasteiger partial charge in [0.15, 0.2) is 6.10 Å². The van der Waals surface area contributed by atoms with Gasteiger partial charge in [-0.15, -0.1) is 0 Å². The first-order valence-electron chi connectivity index (χ1n) is 9.13. The fraction of sp³-hybridized carbons (Fsp3) is 0.182. The minimum atomic E-state index is -1.01. The number of hydrogen-bond donors (Lipinski definition) is 1. The van der Waals surface area contributed by atoms with Crippen LogP contribution in [0.1, 0.15) is 12.6 Å². The first-order valence-corrected chi connectivity index (χ1v) is 9.13. The van der Waals surface area contributed by atoms with Gasteiger partial charge in [0.2, 0.25) is 0 Å². The largest absolute Gasteiger partial charge is 0.497 e. The molecule has 0 bridgehead atoms. The second kappa shape index (κ2) is 9.51. The highest BCUT2D eigenvalue weighted by Crippen LogP contribution is 2.25. The van der Waals surface area contributed by atoms with E-state index >= 15 is 0 Å². The number of carbonyl (C=O) groups excluding carboxylic acids is 2. The summed E-state index contributed by atoms with van der Waals surface area (Å²) in [6, 6.07) is 12.4. The van der Waals surface area contributed by atoms with E-state index < -0.39 is 18.0 Å². The number of para-hydroxylation sites is 2. The minimum absolute atomic E-state index is 0.459. The maximum absolute atomic E-state index is 12.4. The molecule has 1 aromatic heterocycles. The monoisotopic (exact) mass is 407 g/mol. The number of ether oxygens (including phenoxy) is 3. The molecule has 3 aromatic rings. The predicted molar refractivity (Wildman–Crippen MR) is 112 cm³/mol. The summed E-state index contributed by atoms with van der Waals surface area (Å²) in [5.41, 5.74) is 2.44. The molecule has 8 nitrogen and oxygen atoms in total. The Morgan fingerprint density at radius 3 is 2.37 bits per heavy atom. The molecule has 0 saturated heterocycles. The lowest BCUT2D eigenvalue weighted by Gasteiger charge is -2.14. The molecule has 1 unspecified atom stereocenters. The average Bonchev–Trinajstić information content (AvgIpc) is 2.77. The number of amides is 1. The second-order valence-electron chi connectivity index (χ2n) is 6.29. The average molecular weight is 407 g/mol. The Bertz CT molecular complexity index is 1070. The first-order chi connectivity index (χ1) is 14.5. The van der Waals surface area contributed by atoms with E-state index in [4.69, 9.17) is 14.2 Å². The summed E-state index contributed by atoms with van der Waals surface area (Å²) in [4.78, 5) is 33.1. The van der Waals surface area contributed by atoms with Crippen molar-refractivity contribution in [3.8, 4) is 11.5 Å². The van der Waals surface area contributed by atoms with Crippen LogP contribution >= 0.6 is 0 Å². The van der Waals surface area contributed by atoms with Crippen molar-refractivity contribution in [3.05, 3.63) is 60.4 Å². The zero-order valence-corrected chi connectivity index (χ0v) is 16.8. The Labute approximate surface area is 173 Å². The van der Waals surface area contributed by atoms with Crippen LogP contribution in [0.2, 0.25) is 0 Å². The number of rotatable bonds is 7. The topological polar surface area (TPSA) is 99.6 Å². The van der Waals surface area contributed by atoms with Gasteiger partial charge in [-0.2, -0.15) is 0 Å². The first kappa shape index (κ1) is 20.8. The second-order valence-corrected chi connectivity index (χ2v) is 6.29. The van der Waals surface area contributed by atoms with Crippen LogP contribution in [0.25, 0.3) is 17.1 Å². The van der Waals surface area contributed by atoms with Crippen LogP contribution in [0.15, 0.2) is 54.7 Å². The molecule has 1 amide bonds. The number of fused-ring (bicyclic) bond motifs is 1. The standard InChI is InChI=1S/C22H21N3O5/c1-14(22(27)25-16-10-17(28-2)12-18(11-16)29-3)30-21(26)9-8-15-13-23-19-6-4-5-7-20(19)24-15/h4-14H,1-3H3,(H,25,27)/b9-8+. The van der Waals surface area contributed by atoms with Crippen LogP contribution in [0.5, 0.6) is 11.5 Å². The molecule has 1 N–H and O–H groups in total. The van der Waals surface area contributed by atoms with Crippen LogP contribution in [-0.4, -0.2) is 42.2 Å². The van der Waals surface area contributed by atoms with Gasteiger partial charge in [0.25, 0.3) is 5.91 Å². The third kappa shape index (κ3) is 5.32. The minimum Gasteiger partial charge on any atom is -0.497 e. The lowest BCUT2D eigenvalue weighted by atomic mass is 10.2. The van der Waals surface area contributed by atoms with Crippen LogP contribution in [0.4, 0.5) is 5.69 Å². The molecule has 0 spiro atoms. The summed E-state index contributed by atoms with van der Waals surface area (Å²) >= 11 is 0. The molecule has 0 aliphatic carbocycles. The van der Waals surface area contributed by atoms with Crippen molar-refractivity contribution >= 4 is 34.7 Å². The number of nitrogens with zero attached hydrogens (tertiary/aromatic N) is 2. The number of anilines is 1. The third-order valence-electron chi connectivity index (χ3n) is 4.14. The molecule has 0 fully saturated rings. The highest BCUT2D eigenvalue weighted by molar-refractivity contribution is 5.97. The number of aromatic nitrogens is 2. The van der Waals surface area contributed by atoms with Gasteiger partial charge >= 0.3 is 5.97 Å². The van der Waals surface area contributed by atoms with E-state index in [2.05, 4.69) is 15.3 Å². The Kier molecular flexibility index (Phi) is 6.59. The van der Waals surface area contributed by atoms with E-state index in [-0.39, 0.29) is 0 Å². The maximum Gasteiger partial charge on any atom is 0.331 e. The van der Waals surface area contributed by atoms with Gasteiger partial charge in [-0.05, 0) is 25.1 Å². The molecule has 3 rings (SSSR count).